The SMILES string of the molecule is CC(C)(C)OC(=O)N1CCN(Cc2cnn(C3CCC(O)NC3=O)c2)CC1. The number of rotatable bonds is 3. The first-order valence-corrected chi connectivity index (χ1v) is 9.43. The second-order valence-electron chi connectivity index (χ2n) is 8.19. The Labute approximate surface area is 159 Å². The first-order chi connectivity index (χ1) is 12.7. The van der Waals surface area contributed by atoms with Gasteiger partial charge >= 0.3 is 6.09 Å². The number of hydrogen-bond acceptors (Lipinski definition) is 6. The summed E-state index contributed by atoms with van der Waals surface area (Å²) in [5.74, 6) is -0.200. The number of nitrogens with one attached hydrogen (secondary N) is 1. The number of carbonyl (C=O) groups excluding carboxylic acids is 2. The normalized spacial score (nSPS) is 24.6. The van der Waals surface area contributed by atoms with E-state index >= 15 is 0 Å². The fourth-order valence-electron chi connectivity index (χ4n) is 3.33. The van der Waals surface area contributed by atoms with Crippen molar-refractivity contribution in [1.82, 2.24) is 24.9 Å². The molecule has 1 aromatic heterocycles. The molecule has 9 nitrogen and oxygen atoms in total. The summed E-state index contributed by atoms with van der Waals surface area (Å²) < 4.78 is 7.09. The van der Waals surface area contributed by atoms with Crippen molar-refractivity contribution in [3.05, 3.63) is 18.0 Å². The van der Waals surface area contributed by atoms with Crippen molar-refractivity contribution in [3.8, 4) is 0 Å². The van der Waals surface area contributed by atoms with Crippen LogP contribution in [-0.2, 0) is 16.1 Å². The van der Waals surface area contributed by atoms with Crippen LogP contribution in [0.25, 0.3) is 0 Å². The maximum Gasteiger partial charge on any atom is 0.410 e. The molecule has 0 radical (unpaired) electrons. The summed E-state index contributed by atoms with van der Waals surface area (Å²) in [5, 5.41) is 16.4. The molecule has 27 heavy (non-hydrogen) atoms. The number of piperazine rings is 1. The molecule has 2 N–H and O–H groups in total. The third-order valence-electron chi connectivity index (χ3n) is 4.73. The molecule has 2 saturated heterocycles. The van der Waals surface area contributed by atoms with E-state index in [1.54, 1.807) is 15.8 Å². The minimum absolute atomic E-state index is 0.200. The van der Waals surface area contributed by atoms with E-state index < -0.39 is 11.8 Å². The highest BCUT2D eigenvalue weighted by Gasteiger charge is 2.29. The van der Waals surface area contributed by atoms with Gasteiger partial charge in [0.15, 0.2) is 0 Å². The number of nitrogens with zero attached hydrogens (tertiary/aromatic N) is 4. The van der Waals surface area contributed by atoms with Crippen molar-refractivity contribution in [2.24, 2.45) is 0 Å². The highest BCUT2D eigenvalue weighted by Crippen LogP contribution is 2.20. The van der Waals surface area contributed by atoms with E-state index in [-0.39, 0.29) is 18.0 Å². The maximum atomic E-state index is 12.1. The minimum Gasteiger partial charge on any atom is -0.444 e. The van der Waals surface area contributed by atoms with Crippen LogP contribution in [0.15, 0.2) is 12.4 Å². The van der Waals surface area contributed by atoms with Gasteiger partial charge in [-0.25, -0.2) is 4.79 Å². The number of aliphatic hydroxyl groups excluding tert-OH is 1. The number of ether oxygens (including phenoxy) is 1. The zero-order chi connectivity index (χ0) is 19.6. The molecule has 0 aromatic carbocycles. The van der Waals surface area contributed by atoms with E-state index in [2.05, 4.69) is 15.3 Å². The molecular formula is C18H29N5O4. The monoisotopic (exact) mass is 379 g/mol. The molecule has 0 bridgehead atoms. The predicted molar refractivity (Wildman–Crippen MR) is 97.7 cm³/mol. The van der Waals surface area contributed by atoms with Gasteiger partial charge in [-0.05, 0) is 33.6 Å². The second-order valence-corrected chi connectivity index (χ2v) is 8.19. The van der Waals surface area contributed by atoms with Crippen molar-refractivity contribution in [3.63, 3.8) is 0 Å². The third kappa shape index (κ3) is 5.20. The van der Waals surface area contributed by atoms with Gasteiger partial charge in [0, 0.05) is 44.5 Å². The molecular weight excluding hydrogens is 350 g/mol. The lowest BCUT2D eigenvalue weighted by molar-refractivity contribution is -0.131. The van der Waals surface area contributed by atoms with Gasteiger partial charge in [0.25, 0.3) is 0 Å². The molecule has 0 spiro atoms. The van der Waals surface area contributed by atoms with Gasteiger partial charge < -0.3 is 20.1 Å². The molecule has 9 heteroatoms. The summed E-state index contributed by atoms with van der Waals surface area (Å²) in [6.07, 6.45) is 3.74. The summed E-state index contributed by atoms with van der Waals surface area (Å²) in [6.45, 7) is 9.11. The lowest BCUT2D eigenvalue weighted by Gasteiger charge is -2.35. The number of amides is 2. The summed E-state index contributed by atoms with van der Waals surface area (Å²) in [6, 6.07) is -0.369. The predicted octanol–water partition coefficient (Wildman–Crippen LogP) is 0.705. The summed E-state index contributed by atoms with van der Waals surface area (Å²) in [4.78, 5) is 28.1. The fourth-order valence-corrected chi connectivity index (χ4v) is 3.33. The Morgan fingerprint density at radius 3 is 2.63 bits per heavy atom. The van der Waals surface area contributed by atoms with Gasteiger partial charge in [0.2, 0.25) is 5.91 Å². The van der Waals surface area contributed by atoms with Crippen LogP contribution in [0.5, 0.6) is 0 Å². The molecule has 3 rings (SSSR count). The lowest BCUT2D eigenvalue weighted by atomic mass is 10.1. The van der Waals surface area contributed by atoms with E-state index in [0.717, 1.165) is 25.2 Å². The smallest absolute Gasteiger partial charge is 0.410 e. The molecule has 2 aliphatic rings. The average Bonchev–Trinajstić information content (AvgIpc) is 3.02. The van der Waals surface area contributed by atoms with Gasteiger partial charge in [-0.1, -0.05) is 0 Å². The third-order valence-corrected chi connectivity index (χ3v) is 4.73. The molecule has 0 aliphatic carbocycles. The van der Waals surface area contributed by atoms with Crippen LogP contribution in [0.4, 0.5) is 4.79 Å². The van der Waals surface area contributed by atoms with Crippen LogP contribution in [0.2, 0.25) is 0 Å². The molecule has 2 atom stereocenters. The maximum absolute atomic E-state index is 12.1. The zero-order valence-corrected chi connectivity index (χ0v) is 16.2. The summed E-state index contributed by atoms with van der Waals surface area (Å²) in [7, 11) is 0. The van der Waals surface area contributed by atoms with E-state index in [4.69, 9.17) is 4.74 Å². The molecule has 2 aliphatic heterocycles. The fraction of sp³-hybridized carbons (Fsp3) is 0.722. The largest absolute Gasteiger partial charge is 0.444 e. The van der Waals surface area contributed by atoms with Crippen LogP contribution in [0, 0.1) is 0 Å². The Morgan fingerprint density at radius 2 is 2.00 bits per heavy atom. The summed E-state index contributed by atoms with van der Waals surface area (Å²) >= 11 is 0. The van der Waals surface area contributed by atoms with Gasteiger partial charge in [-0.2, -0.15) is 5.10 Å². The molecule has 2 fully saturated rings. The van der Waals surface area contributed by atoms with Crippen LogP contribution < -0.4 is 5.32 Å². The highest BCUT2D eigenvalue weighted by atomic mass is 16.6. The van der Waals surface area contributed by atoms with Crippen molar-refractivity contribution in [2.75, 3.05) is 26.2 Å². The first kappa shape index (κ1) is 19.6. The van der Waals surface area contributed by atoms with Crippen LogP contribution in [0.3, 0.4) is 0 Å². The van der Waals surface area contributed by atoms with Gasteiger partial charge in [-0.15, -0.1) is 0 Å². The van der Waals surface area contributed by atoms with Crippen molar-refractivity contribution in [2.45, 2.75) is 58.0 Å². The number of hydrogen-bond donors (Lipinski definition) is 2. The first-order valence-electron chi connectivity index (χ1n) is 9.43. The van der Waals surface area contributed by atoms with E-state index in [1.807, 2.05) is 27.0 Å². The van der Waals surface area contributed by atoms with E-state index in [9.17, 15) is 14.7 Å². The van der Waals surface area contributed by atoms with E-state index in [1.165, 1.54) is 0 Å². The van der Waals surface area contributed by atoms with Gasteiger partial charge in [0.05, 0.1) is 6.20 Å². The Hall–Kier alpha value is -2.13. The molecule has 2 amide bonds. The van der Waals surface area contributed by atoms with Crippen molar-refractivity contribution < 1.29 is 19.4 Å². The topological polar surface area (TPSA) is 99.9 Å². The van der Waals surface area contributed by atoms with Crippen molar-refractivity contribution >= 4 is 12.0 Å². The average molecular weight is 379 g/mol. The minimum atomic E-state index is -0.759. The number of carbonyl (C=O) groups is 2. The molecule has 150 valence electrons. The van der Waals surface area contributed by atoms with Gasteiger partial charge in [-0.3, -0.25) is 14.4 Å². The van der Waals surface area contributed by atoms with Crippen LogP contribution >= 0.6 is 0 Å². The molecule has 2 unspecified atom stereocenters. The quantitative estimate of drug-likeness (QED) is 0.802. The number of aromatic nitrogens is 2. The van der Waals surface area contributed by atoms with Gasteiger partial charge in [0.1, 0.15) is 17.9 Å². The molecule has 0 saturated carbocycles. The zero-order valence-electron chi connectivity index (χ0n) is 16.2. The summed E-state index contributed by atoms with van der Waals surface area (Å²) in [5.41, 5.74) is 0.546. The van der Waals surface area contributed by atoms with Crippen molar-refractivity contribution in [1.29, 1.82) is 0 Å². The Bertz CT molecular complexity index is 676. The lowest BCUT2D eigenvalue weighted by Crippen LogP contribution is -2.49. The number of piperidine rings is 1. The highest BCUT2D eigenvalue weighted by molar-refractivity contribution is 5.81. The Kier molecular flexibility index (Phi) is 5.71. The Balaban J connectivity index is 1.49. The second kappa shape index (κ2) is 7.85. The Morgan fingerprint density at radius 1 is 1.30 bits per heavy atom. The van der Waals surface area contributed by atoms with E-state index in [0.29, 0.717) is 25.9 Å². The number of aliphatic hydroxyl groups is 1. The molecule has 3 heterocycles. The standard InChI is InChI=1S/C18H29N5O4/c1-18(2,3)27-17(26)22-8-6-21(7-9-22)11-13-10-19-23(12-13)14-4-5-15(24)20-16(14)25/h10,12,14-15,24H,4-9,11H2,1-3H3,(H,20,25). The van der Waals surface area contributed by atoms with Crippen LogP contribution in [0.1, 0.15) is 45.2 Å². The van der Waals surface area contributed by atoms with Crippen LogP contribution in [-0.4, -0.2) is 74.7 Å². The molecule has 1 aromatic rings.